The van der Waals surface area contributed by atoms with Gasteiger partial charge in [0, 0.05) is 25.3 Å². The zero-order valence-corrected chi connectivity index (χ0v) is 12.1. The van der Waals surface area contributed by atoms with E-state index in [4.69, 9.17) is 20.9 Å². The van der Waals surface area contributed by atoms with Crippen LogP contribution in [0.1, 0.15) is 23.7 Å². The lowest BCUT2D eigenvalue weighted by Gasteiger charge is -2.10. The molecule has 21 heavy (non-hydrogen) atoms. The van der Waals surface area contributed by atoms with Gasteiger partial charge in [0.25, 0.3) is 11.8 Å². The first-order valence-electron chi connectivity index (χ1n) is 6.71. The van der Waals surface area contributed by atoms with E-state index in [-0.39, 0.29) is 18.3 Å². The van der Waals surface area contributed by atoms with E-state index in [9.17, 15) is 9.59 Å². The predicted octanol–water partition coefficient (Wildman–Crippen LogP) is 0.289. The summed E-state index contributed by atoms with van der Waals surface area (Å²) in [6, 6.07) is 4.62. The van der Waals surface area contributed by atoms with Gasteiger partial charge in [-0.2, -0.15) is 0 Å². The molecule has 0 aromatic heterocycles. The maximum Gasteiger partial charge on any atom is 0.255 e. The van der Waals surface area contributed by atoms with Gasteiger partial charge in [-0.25, -0.2) is 0 Å². The van der Waals surface area contributed by atoms with Crippen LogP contribution in [0, 0.1) is 0 Å². The Kier molecular flexibility index (Phi) is 7.03. The Morgan fingerprint density at radius 1 is 1.33 bits per heavy atom. The van der Waals surface area contributed by atoms with Crippen LogP contribution in [0.3, 0.4) is 0 Å². The number of carbonyl (C=O) groups is 2. The van der Waals surface area contributed by atoms with Crippen molar-refractivity contribution in [2.24, 2.45) is 5.73 Å². The van der Waals surface area contributed by atoms with Gasteiger partial charge in [0.1, 0.15) is 5.75 Å². The third-order valence-electron chi connectivity index (χ3n) is 2.60. The van der Waals surface area contributed by atoms with Crippen molar-refractivity contribution < 1.29 is 19.1 Å². The van der Waals surface area contributed by atoms with Gasteiger partial charge in [0.2, 0.25) is 0 Å². The number of hydrogen-bond acceptors (Lipinski definition) is 5. The van der Waals surface area contributed by atoms with Crippen LogP contribution in [0.4, 0.5) is 5.69 Å². The molecule has 0 atom stereocenters. The van der Waals surface area contributed by atoms with Gasteiger partial charge in [0.15, 0.2) is 6.61 Å². The monoisotopic (exact) mass is 295 g/mol. The van der Waals surface area contributed by atoms with Crippen molar-refractivity contribution in [2.75, 3.05) is 32.1 Å². The standard InChI is InChI=1S/C14H21N3O4/c1-2-20-7-3-6-17-14(19)10-4-5-11(15)12(8-10)21-9-13(16)18/h4-5,8H,2-3,6-7,9,15H2,1H3,(H2,16,18)(H,17,19). The van der Waals surface area contributed by atoms with E-state index in [2.05, 4.69) is 5.32 Å². The van der Waals surface area contributed by atoms with E-state index < -0.39 is 5.91 Å². The van der Waals surface area contributed by atoms with Crippen molar-refractivity contribution in [1.29, 1.82) is 0 Å². The number of nitrogen functional groups attached to an aromatic ring is 1. The Hall–Kier alpha value is -2.28. The topological polar surface area (TPSA) is 117 Å². The number of ether oxygens (including phenoxy) is 2. The summed E-state index contributed by atoms with van der Waals surface area (Å²) in [4.78, 5) is 22.6. The molecule has 0 radical (unpaired) electrons. The van der Waals surface area contributed by atoms with Crippen molar-refractivity contribution in [3.05, 3.63) is 23.8 Å². The number of carbonyl (C=O) groups excluding carboxylic acids is 2. The summed E-state index contributed by atoms with van der Waals surface area (Å²) < 4.78 is 10.3. The van der Waals surface area contributed by atoms with Crippen molar-refractivity contribution in [3.8, 4) is 5.75 Å². The van der Waals surface area contributed by atoms with Gasteiger partial charge in [-0.05, 0) is 31.5 Å². The zero-order valence-electron chi connectivity index (χ0n) is 12.1. The lowest BCUT2D eigenvalue weighted by atomic mass is 10.1. The average molecular weight is 295 g/mol. The minimum Gasteiger partial charge on any atom is -0.482 e. The number of nitrogens with two attached hydrogens (primary N) is 2. The summed E-state index contributed by atoms with van der Waals surface area (Å²) in [6.45, 7) is 3.41. The van der Waals surface area contributed by atoms with Crippen LogP contribution in [-0.4, -0.2) is 38.2 Å². The Bertz CT molecular complexity index is 491. The number of benzene rings is 1. The molecule has 2 amide bonds. The first kappa shape index (κ1) is 16.8. The normalized spacial score (nSPS) is 10.1. The van der Waals surface area contributed by atoms with Crippen molar-refractivity contribution in [2.45, 2.75) is 13.3 Å². The van der Waals surface area contributed by atoms with Crippen LogP contribution in [0.2, 0.25) is 0 Å². The highest BCUT2D eigenvalue weighted by Crippen LogP contribution is 2.22. The molecule has 0 fully saturated rings. The molecule has 0 saturated heterocycles. The number of amides is 2. The van der Waals surface area contributed by atoms with E-state index in [1.54, 1.807) is 12.1 Å². The van der Waals surface area contributed by atoms with Crippen LogP contribution in [0.15, 0.2) is 18.2 Å². The molecule has 7 nitrogen and oxygen atoms in total. The van der Waals surface area contributed by atoms with Crippen molar-refractivity contribution >= 4 is 17.5 Å². The molecule has 116 valence electrons. The van der Waals surface area contributed by atoms with E-state index >= 15 is 0 Å². The van der Waals surface area contributed by atoms with Gasteiger partial charge >= 0.3 is 0 Å². The lowest BCUT2D eigenvalue weighted by molar-refractivity contribution is -0.119. The Balaban J connectivity index is 2.55. The van der Waals surface area contributed by atoms with E-state index in [1.165, 1.54) is 6.07 Å². The molecule has 0 heterocycles. The minimum atomic E-state index is -0.611. The number of rotatable bonds is 9. The fourth-order valence-corrected chi connectivity index (χ4v) is 1.57. The first-order valence-corrected chi connectivity index (χ1v) is 6.71. The third-order valence-corrected chi connectivity index (χ3v) is 2.60. The van der Waals surface area contributed by atoms with E-state index in [0.717, 1.165) is 6.42 Å². The van der Waals surface area contributed by atoms with Gasteiger partial charge in [-0.3, -0.25) is 9.59 Å². The van der Waals surface area contributed by atoms with Crippen LogP contribution in [-0.2, 0) is 9.53 Å². The van der Waals surface area contributed by atoms with Crippen LogP contribution < -0.4 is 21.5 Å². The SMILES string of the molecule is CCOCCCNC(=O)c1ccc(N)c(OCC(N)=O)c1. The summed E-state index contributed by atoms with van der Waals surface area (Å²) in [7, 11) is 0. The Morgan fingerprint density at radius 3 is 2.76 bits per heavy atom. The van der Waals surface area contributed by atoms with Crippen molar-refractivity contribution in [3.63, 3.8) is 0 Å². The van der Waals surface area contributed by atoms with Gasteiger partial charge in [0.05, 0.1) is 5.69 Å². The summed E-state index contributed by atoms with van der Waals surface area (Å²) >= 11 is 0. The van der Waals surface area contributed by atoms with Gasteiger partial charge < -0.3 is 26.3 Å². The number of anilines is 1. The fraction of sp³-hybridized carbons (Fsp3) is 0.429. The molecule has 0 aliphatic carbocycles. The number of primary amides is 1. The second-order valence-electron chi connectivity index (χ2n) is 4.31. The summed E-state index contributed by atoms with van der Waals surface area (Å²) in [5, 5.41) is 2.76. The first-order chi connectivity index (χ1) is 10.0. The van der Waals surface area contributed by atoms with E-state index in [1.807, 2.05) is 6.92 Å². The molecule has 1 rings (SSSR count). The molecule has 5 N–H and O–H groups in total. The highest BCUT2D eigenvalue weighted by Gasteiger charge is 2.09. The second-order valence-corrected chi connectivity index (χ2v) is 4.31. The molecular weight excluding hydrogens is 274 g/mol. The maximum atomic E-state index is 11.9. The summed E-state index contributed by atoms with van der Waals surface area (Å²) in [6.07, 6.45) is 0.736. The van der Waals surface area contributed by atoms with E-state index in [0.29, 0.717) is 31.0 Å². The molecule has 0 aliphatic heterocycles. The van der Waals surface area contributed by atoms with Gasteiger partial charge in [-0.15, -0.1) is 0 Å². The summed E-state index contributed by atoms with van der Waals surface area (Å²) in [5.41, 5.74) is 11.4. The highest BCUT2D eigenvalue weighted by atomic mass is 16.5. The third kappa shape index (κ3) is 6.13. The van der Waals surface area contributed by atoms with Crippen LogP contribution in [0.25, 0.3) is 0 Å². The average Bonchev–Trinajstić information content (AvgIpc) is 2.45. The van der Waals surface area contributed by atoms with Crippen molar-refractivity contribution in [1.82, 2.24) is 5.32 Å². The van der Waals surface area contributed by atoms with Crippen LogP contribution >= 0.6 is 0 Å². The number of hydrogen-bond donors (Lipinski definition) is 3. The highest BCUT2D eigenvalue weighted by molar-refractivity contribution is 5.95. The van der Waals surface area contributed by atoms with Gasteiger partial charge in [-0.1, -0.05) is 0 Å². The molecule has 0 spiro atoms. The number of nitrogens with one attached hydrogen (secondary N) is 1. The Labute approximate surface area is 123 Å². The molecule has 0 bridgehead atoms. The Morgan fingerprint density at radius 2 is 2.10 bits per heavy atom. The zero-order chi connectivity index (χ0) is 15.7. The predicted molar refractivity (Wildman–Crippen MR) is 79.0 cm³/mol. The fourth-order valence-electron chi connectivity index (χ4n) is 1.57. The molecule has 1 aromatic rings. The molecule has 0 unspecified atom stereocenters. The lowest BCUT2D eigenvalue weighted by Crippen LogP contribution is -2.25. The summed E-state index contributed by atoms with van der Waals surface area (Å²) in [5.74, 6) is -0.591. The quantitative estimate of drug-likeness (QED) is 0.447. The van der Waals surface area contributed by atoms with Crippen LogP contribution in [0.5, 0.6) is 5.75 Å². The molecule has 0 saturated carbocycles. The maximum absolute atomic E-state index is 11.9. The second kappa shape index (κ2) is 8.80. The molecule has 7 heteroatoms. The molecule has 1 aromatic carbocycles. The largest absolute Gasteiger partial charge is 0.482 e. The molecular formula is C14H21N3O4. The minimum absolute atomic E-state index is 0.240. The molecule has 0 aliphatic rings. The smallest absolute Gasteiger partial charge is 0.255 e.